The Balaban J connectivity index is 1.64. The molecule has 1 aromatic heterocycles. The van der Waals surface area contributed by atoms with Crippen LogP contribution in [0.3, 0.4) is 0 Å². The van der Waals surface area contributed by atoms with E-state index in [9.17, 15) is 24.8 Å². The molecule has 9 nitrogen and oxygen atoms in total. The number of carbonyl (C=O) groups is 2. The van der Waals surface area contributed by atoms with Crippen LogP contribution < -0.4 is 0 Å². The van der Waals surface area contributed by atoms with Crippen molar-refractivity contribution < 1.29 is 19.6 Å². The fourth-order valence-corrected chi connectivity index (χ4v) is 4.56. The molecule has 28 heavy (non-hydrogen) atoms. The van der Waals surface area contributed by atoms with Gasteiger partial charge in [-0.3, -0.25) is 24.4 Å². The second-order valence-electron chi connectivity index (χ2n) is 7.61. The van der Waals surface area contributed by atoms with Crippen LogP contribution in [0.1, 0.15) is 29.6 Å². The average Bonchev–Trinajstić information content (AvgIpc) is 3.33. The fourth-order valence-electron chi connectivity index (χ4n) is 4.56. The maximum atomic E-state index is 13.2. The summed E-state index contributed by atoms with van der Waals surface area (Å²) < 4.78 is 1.52. The van der Waals surface area contributed by atoms with Crippen LogP contribution in [0, 0.1) is 21.4 Å². The van der Waals surface area contributed by atoms with Gasteiger partial charge in [-0.1, -0.05) is 6.42 Å². The van der Waals surface area contributed by atoms with Gasteiger partial charge in [-0.2, -0.15) is 5.10 Å². The number of amides is 1. The maximum absolute atomic E-state index is 13.2. The van der Waals surface area contributed by atoms with Gasteiger partial charge in [-0.25, -0.2) is 0 Å². The van der Waals surface area contributed by atoms with Gasteiger partial charge in [0.2, 0.25) is 0 Å². The molecule has 2 heterocycles. The molecule has 146 valence electrons. The Hall–Kier alpha value is -3.23. The summed E-state index contributed by atoms with van der Waals surface area (Å²) in [5.74, 6) is -1.10. The number of aromatic nitrogens is 2. The summed E-state index contributed by atoms with van der Waals surface area (Å²) >= 11 is 0. The third-order valence-electron chi connectivity index (χ3n) is 5.99. The molecule has 2 aromatic rings. The third-order valence-corrected chi connectivity index (χ3v) is 5.99. The zero-order valence-corrected chi connectivity index (χ0v) is 15.4. The standard InChI is InChI=1S/C19H20N4O5/c1-21-10-15(16(20-21)12-4-6-14(7-5-12)23(27)28)17(24)22-9-13-3-2-8-19(13,11-22)18(25)26/h4-7,10,13H,2-3,8-9,11H2,1H3,(H,25,26)/t13-,19+/m0/s1. The number of aliphatic carboxylic acids is 1. The summed E-state index contributed by atoms with van der Waals surface area (Å²) in [6, 6.07) is 5.87. The quantitative estimate of drug-likeness (QED) is 0.638. The highest BCUT2D eigenvalue weighted by Gasteiger charge is 2.56. The Morgan fingerprint density at radius 2 is 2.04 bits per heavy atom. The van der Waals surface area contributed by atoms with E-state index >= 15 is 0 Å². The van der Waals surface area contributed by atoms with Crippen molar-refractivity contribution >= 4 is 17.6 Å². The van der Waals surface area contributed by atoms with E-state index in [1.54, 1.807) is 30.3 Å². The first-order valence-corrected chi connectivity index (χ1v) is 9.13. The number of rotatable bonds is 4. The molecule has 0 bridgehead atoms. The number of aryl methyl sites for hydroxylation is 1. The van der Waals surface area contributed by atoms with Crippen molar-refractivity contribution in [3.05, 3.63) is 46.1 Å². The first-order chi connectivity index (χ1) is 13.3. The normalized spacial score (nSPS) is 23.6. The van der Waals surface area contributed by atoms with E-state index in [1.165, 1.54) is 16.8 Å². The Labute approximate surface area is 160 Å². The van der Waals surface area contributed by atoms with Crippen molar-refractivity contribution in [3.8, 4) is 11.3 Å². The molecule has 0 spiro atoms. The van der Waals surface area contributed by atoms with Gasteiger partial charge in [0.05, 0.1) is 15.9 Å². The first kappa shape index (κ1) is 18.1. The Bertz CT molecular complexity index is 967. The van der Waals surface area contributed by atoms with Crippen LogP contribution in [-0.2, 0) is 11.8 Å². The molecule has 0 radical (unpaired) electrons. The minimum absolute atomic E-state index is 0.0200. The number of nitrogens with zero attached hydrogens (tertiary/aromatic N) is 4. The predicted octanol–water partition coefficient (Wildman–Crippen LogP) is 2.32. The lowest BCUT2D eigenvalue weighted by Gasteiger charge is -2.23. The number of benzene rings is 1. The van der Waals surface area contributed by atoms with E-state index in [4.69, 9.17) is 0 Å². The van der Waals surface area contributed by atoms with Crippen molar-refractivity contribution in [3.63, 3.8) is 0 Å². The van der Waals surface area contributed by atoms with Crippen LogP contribution in [0.15, 0.2) is 30.5 Å². The zero-order chi connectivity index (χ0) is 20.1. The van der Waals surface area contributed by atoms with Crippen molar-refractivity contribution in [2.75, 3.05) is 13.1 Å². The van der Waals surface area contributed by atoms with E-state index in [1.807, 2.05) is 0 Å². The van der Waals surface area contributed by atoms with Gasteiger partial charge in [0.1, 0.15) is 5.69 Å². The van der Waals surface area contributed by atoms with E-state index in [2.05, 4.69) is 5.10 Å². The molecule has 2 aliphatic rings. The van der Waals surface area contributed by atoms with E-state index < -0.39 is 16.3 Å². The average molecular weight is 384 g/mol. The summed E-state index contributed by atoms with van der Waals surface area (Å²) in [7, 11) is 1.70. The van der Waals surface area contributed by atoms with Gasteiger partial charge in [0.25, 0.3) is 11.6 Å². The molecule has 4 rings (SSSR count). The number of non-ortho nitro benzene ring substituents is 1. The topological polar surface area (TPSA) is 119 Å². The Morgan fingerprint density at radius 3 is 2.64 bits per heavy atom. The summed E-state index contributed by atoms with van der Waals surface area (Å²) in [5.41, 5.74) is 0.525. The number of nitro benzene ring substituents is 1. The second kappa shape index (κ2) is 6.43. The summed E-state index contributed by atoms with van der Waals surface area (Å²) in [5, 5.41) is 25.0. The number of fused-ring (bicyclic) bond motifs is 1. The van der Waals surface area contributed by atoms with E-state index in [-0.39, 0.29) is 24.1 Å². The number of carboxylic acid groups (broad SMARTS) is 1. The number of carboxylic acids is 1. The first-order valence-electron chi connectivity index (χ1n) is 9.13. The number of likely N-dealkylation sites (tertiary alicyclic amines) is 1. The fraction of sp³-hybridized carbons (Fsp3) is 0.421. The molecule has 9 heteroatoms. The highest BCUT2D eigenvalue weighted by molar-refractivity contribution is 6.00. The van der Waals surface area contributed by atoms with Crippen molar-refractivity contribution in [1.29, 1.82) is 0 Å². The lowest BCUT2D eigenvalue weighted by atomic mass is 9.81. The smallest absolute Gasteiger partial charge is 0.311 e. The Kier molecular flexibility index (Phi) is 4.17. The van der Waals surface area contributed by atoms with Gasteiger partial charge >= 0.3 is 5.97 Å². The molecule has 1 N–H and O–H groups in total. The summed E-state index contributed by atoms with van der Waals surface area (Å²) in [6.45, 7) is 0.639. The van der Waals surface area contributed by atoms with Gasteiger partial charge in [0.15, 0.2) is 0 Å². The molecule has 2 atom stereocenters. The minimum Gasteiger partial charge on any atom is -0.481 e. The van der Waals surface area contributed by atoms with E-state index in [0.717, 1.165) is 12.8 Å². The molecule has 1 amide bonds. The predicted molar refractivity (Wildman–Crippen MR) is 98.6 cm³/mol. The van der Waals surface area contributed by atoms with Gasteiger partial charge in [0, 0.05) is 44.0 Å². The SMILES string of the molecule is Cn1cc(C(=O)N2C[C@@H]3CCC[C@@]3(C(=O)O)C2)c(-c2ccc([N+](=O)[O-])cc2)n1. The minimum atomic E-state index is -0.842. The molecule has 1 saturated carbocycles. The summed E-state index contributed by atoms with van der Waals surface area (Å²) in [4.78, 5) is 37.1. The molecule has 1 aromatic carbocycles. The molecule has 1 aliphatic heterocycles. The number of carbonyl (C=O) groups excluding carboxylic acids is 1. The summed E-state index contributed by atoms with van der Waals surface area (Å²) in [6.07, 6.45) is 3.90. The largest absolute Gasteiger partial charge is 0.481 e. The number of nitro groups is 1. The van der Waals surface area contributed by atoms with E-state index in [0.29, 0.717) is 29.8 Å². The van der Waals surface area contributed by atoms with Crippen LogP contribution in [0.25, 0.3) is 11.3 Å². The highest BCUT2D eigenvalue weighted by Crippen LogP contribution is 2.49. The third kappa shape index (κ3) is 2.74. The van der Waals surface area contributed by atoms with Crippen molar-refractivity contribution in [2.24, 2.45) is 18.4 Å². The molecule has 1 saturated heterocycles. The van der Waals surface area contributed by atoms with Crippen molar-refractivity contribution in [2.45, 2.75) is 19.3 Å². The van der Waals surface area contributed by atoms with Gasteiger partial charge in [-0.05, 0) is 30.9 Å². The Morgan fingerprint density at radius 1 is 1.32 bits per heavy atom. The molecular weight excluding hydrogens is 364 g/mol. The zero-order valence-electron chi connectivity index (χ0n) is 15.4. The van der Waals surface area contributed by atoms with Gasteiger partial charge in [-0.15, -0.1) is 0 Å². The monoisotopic (exact) mass is 384 g/mol. The van der Waals surface area contributed by atoms with Gasteiger partial charge < -0.3 is 10.0 Å². The van der Waals surface area contributed by atoms with Crippen LogP contribution >= 0.6 is 0 Å². The highest BCUT2D eigenvalue weighted by atomic mass is 16.6. The maximum Gasteiger partial charge on any atom is 0.311 e. The lowest BCUT2D eigenvalue weighted by Crippen LogP contribution is -2.37. The lowest BCUT2D eigenvalue weighted by molar-refractivity contribution is -0.384. The molecule has 2 fully saturated rings. The van der Waals surface area contributed by atoms with Crippen molar-refractivity contribution in [1.82, 2.24) is 14.7 Å². The van der Waals surface area contributed by atoms with Crippen LogP contribution in [0.4, 0.5) is 5.69 Å². The number of hydrogen-bond donors (Lipinski definition) is 1. The molecular formula is C19H20N4O5. The van der Waals surface area contributed by atoms with Crippen LogP contribution in [0.5, 0.6) is 0 Å². The molecule has 1 aliphatic carbocycles. The number of hydrogen-bond acceptors (Lipinski definition) is 5. The van der Waals surface area contributed by atoms with Crippen LogP contribution in [0.2, 0.25) is 0 Å². The van der Waals surface area contributed by atoms with Crippen LogP contribution in [-0.4, -0.2) is 49.7 Å². The molecule has 0 unspecified atom stereocenters. The second-order valence-corrected chi connectivity index (χ2v) is 7.61.